The molecular weight excluding hydrogens is 463 g/mol. The Morgan fingerprint density at radius 1 is 1.11 bits per heavy atom. The molecule has 2 aromatic heterocycles. The van der Waals surface area contributed by atoms with E-state index in [0.717, 1.165) is 38.5 Å². The number of hydrogen-bond donors (Lipinski definition) is 3. The van der Waals surface area contributed by atoms with Crippen molar-refractivity contribution in [2.75, 3.05) is 17.2 Å². The molecule has 2 heterocycles. The summed E-state index contributed by atoms with van der Waals surface area (Å²) >= 11 is 0. The Labute approximate surface area is 209 Å². The van der Waals surface area contributed by atoms with Gasteiger partial charge in [0, 0.05) is 12.1 Å². The summed E-state index contributed by atoms with van der Waals surface area (Å²) in [5.41, 5.74) is 1.62. The lowest BCUT2D eigenvalue weighted by Crippen LogP contribution is -2.29. The second kappa shape index (κ2) is 10.8. The van der Waals surface area contributed by atoms with Gasteiger partial charge in [-0.3, -0.25) is 9.36 Å². The SMILES string of the molecule is CCOC(=O)C1CCC(n2c(Nc3ccccc3F)nc3cnc(NC4CCC(O)CC4)nc32)CC1. The van der Waals surface area contributed by atoms with Crippen LogP contribution in [-0.4, -0.2) is 49.3 Å². The van der Waals surface area contributed by atoms with Crippen LogP contribution in [-0.2, 0) is 9.53 Å². The van der Waals surface area contributed by atoms with Gasteiger partial charge in [0.05, 0.1) is 30.5 Å². The molecule has 10 heteroatoms. The molecular formula is C26H33FN6O3. The Balaban J connectivity index is 1.44. The van der Waals surface area contributed by atoms with Gasteiger partial charge in [-0.1, -0.05) is 12.1 Å². The van der Waals surface area contributed by atoms with Gasteiger partial charge in [0.1, 0.15) is 11.3 Å². The third-order valence-corrected chi connectivity index (χ3v) is 7.26. The monoisotopic (exact) mass is 496 g/mol. The first-order chi connectivity index (χ1) is 17.5. The van der Waals surface area contributed by atoms with E-state index >= 15 is 0 Å². The number of aliphatic hydroxyl groups excluding tert-OH is 1. The Morgan fingerprint density at radius 2 is 1.86 bits per heavy atom. The molecule has 9 nitrogen and oxygen atoms in total. The number of ether oxygens (including phenoxy) is 1. The molecule has 0 radical (unpaired) electrons. The number of hydrogen-bond acceptors (Lipinski definition) is 8. The maximum atomic E-state index is 14.5. The highest BCUT2D eigenvalue weighted by molar-refractivity contribution is 5.77. The molecule has 3 aromatic rings. The van der Waals surface area contributed by atoms with Gasteiger partial charge in [0.2, 0.25) is 11.9 Å². The number of fused-ring (bicyclic) bond motifs is 1. The first-order valence-electron chi connectivity index (χ1n) is 12.9. The van der Waals surface area contributed by atoms with E-state index in [2.05, 4.69) is 15.6 Å². The number of anilines is 3. The highest BCUT2D eigenvalue weighted by Gasteiger charge is 2.31. The fourth-order valence-corrected chi connectivity index (χ4v) is 5.31. The normalized spacial score (nSPS) is 24.4. The summed E-state index contributed by atoms with van der Waals surface area (Å²) in [5.74, 6) is 0.412. The lowest BCUT2D eigenvalue weighted by molar-refractivity contribution is -0.149. The summed E-state index contributed by atoms with van der Waals surface area (Å²) in [5, 5.41) is 16.4. The number of carbonyl (C=O) groups is 1. The van der Waals surface area contributed by atoms with E-state index in [-0.39, 0.29) is 35.9 Å². The van der Waals surface area contributed by atoms with Crippen molar-refractivity contribution in [2.24, 2.45) is 5.92 Å². The number of aliphatic hydroxyl groups is 1. The minimum atomic E-state index is -0.366. The Kier molecular flexibility index (Phi) is 7.31. The summed E-state index contributed by atoms with van der Waals surface area (Å²) in [6, 6.07) is 6.75. The number of rotatable bonds is 7. The fourth-order valence-electron chi connectivity index (χ4n) is 5.31. The second-order valence-corrected chi connectivity index (χ2v) is 9.72. The van der Waals surface area contributed by atoms with Crippen LogP contribution in [0.15, 0.2) is 30.5 Å². The number of aromatic nitrogens is 4. The highest BCUT2D eigenvalue weighted by Crippen LogP contribution is 2.37. The van der Waals surface area contributed by atoms with Gasteiger partial charge in [-0.25, -0.2) is 14.4 Å². The van der Waals surface area contributed by atoms with Crippen molar-refractivity contribution in [3.8, 4) is 0 Å². The molecule has 2 saturated carbocycles. The highest BCUT2D eigenvalue weighted by atomic mass is 19.1. The fraction of sp³-hybridized carbons (Fsp3) is 0.538. The molecule has 0 amide bonds. The smallest absolute Gasteiger partial charge is 0.308 e. The van der Waals surface area contributed by atoms with E-state index in [1.165, 1.54) is 6.07 Å². The summed E-state index contributed by atoms with van der Waals surface area (Å²) in [4.78, 5) is 26.3. The molecule has 36 heavy (non-hydrogen) atoms. The van der Waals surface area contributed by atoms with Gasteiger partial charge in [0.25, 0.3) is 0 Å². The number of halogens is 1. The van der Waals surface area contributed by atoms with Crippen molar-refractivity contribution in [1.29, 1.82) is 0 Å². The maximum absolute atomic E-state index is 14.5. The summed E-state index contributed by atoms with van der Waals surface area (Å²) in [6.45, 7) is 2.21. The molecule has 0 bridgehead atoms. The molecule has 5 rings (SSSR count). The van der Waals surface area contributed by atoms with Crippen LogP contribution in [0, 0.1) is 11.7 Å². The minimum absolute atomic E-state index is 0.0440. The van der Waals surface area contributed by atoms with Gasteiger partial charge in [-0.15, -0.1) is 0 Å². The van der Waals surface area contributed by atoms with Crippen molar-refractivity contribution in [3.05, 3.63) is 36.3 Å². The Morgan fingerprint density at radius 3 is 2.58 bits per heavy atom. The van der Waals surface area contributed by atoms with Crippen LogP contribution < -0.4 is 10.6 Å². The molecule has 192 valence electrons. The predicted molar refractivity (Wildman–Crippen MR) is 135 cm³/mol. The van der Waals surface area contributed by atoms with E-state index in [4.69, 9.17) is 14.7 Å². The number of para-hydroxylation sites is 1. The van der Waals surface area contributed by atoms with Crippen molar-refractivity contribution < 1.29 is 19.0 Å². The molecule has 0 saturated heterocycles. The van der Waals surface area contributed by atoms with E-state index in [1.807, 2.05) is 11.5 Å². The van der Waals surface area contributed by atoms with Crippen LogP contribution in [0.25, 0.3) is 11.2 Å². The zero-order chi connectivity index (χ0) is 25.1. The molecule has 2 fully saturated rings. The van der Waals surface area contributed by atoms with Crippen LogP contribution >= 0.6 is 0 Å². The first-order valence-corrected chi connectivity index (χ1v) is 12.9. The number of imidazole rings is 1. The lowest BCUT2D eigenvalue weighted by Gasteiger charge is -2.29. The summed E-state index contributed by atoms with van der Waals surface area (Å²) in [7, 11) is 0. The van der Waals surface area contributed by atoms with Crippen LogP contribution in [0.1, 0.15) is 64.3 Å². The van der Waals surface area contributed by atoms with E-state index in [9.17, 15) is 14.3 Å². The molecule has 1 aromatic carbocycles. The molecule has 3 N–H and O–H groups in total. The number of carbonyl (C=O) groups excluding carboxylic acids is 1. The van der Waals surface area contributed by atoms with Gasteiger partial charge in [0.15, 0.2) is 5.65 Å². The second-order valence-electron chi connectivity index (χ2n) is 9.72. The quantitative estimate of drug-likeness (QED) is 0.403. The van der Waals surface area contributed by atoms with Crippen molar-refractivity contribution in [2.45, 2.75) is 76.5 Å². The molecule has 2 aliphatic carbocycles. The first kappa shape index (κ1) is 24.4. The van der Waals surface area contributed by atoms with Crippen molar-refractivity contribution in [1.82, 2.24) is 19.5 Å². The van der Waals surface area contributed by atoms with Crippen LogP contribution in [0.5, 0.6) is 0 Å². The average molecular weight is 497 g/mol. The maximum Gasteiger partial charge on any atom is 0.308 e. The van der Waals surface area contributed by atoms with Gasteiger partial charge in [-0.2, -0.15) is 4.98 Å². The van der Waals surface area contributed by atoms with Gasteiger partial charge < -0.3 is 20.5 Å². The topological polar surface area (TPSA) is 114 Å². The Bertz CT molecular complexity index is 1200. The van der Waals surface area contributed by atoms with Crippen LogP contribution in [0.2, 0.25) is 0 Å². The number of nitrogens with zero attached hydrogens (tertiary/aromatic N) is 4. The molecule has 0 aliphatic heterocycles. The molecule has 0 spiro atoms. The Hall–Kier alpha value is -3.27. The van der Waals surface area contributed by atoms with Gasteiger partial charge in [-0.05, 0) is 70.4 Å². The zero-order valence-electron chi connectivity index (χ0n) is 20.5. The lowest BCUT2D eigenvalue weighted by atomic mass is 9.86. The van der Waals surface area contributed by atoms with Crippen LogP contribution in [0.4, 0.5) is 22.0 Å². The van der Waals surface area contributed by atoms with E-state index in [1.54, 1.807) is 24.4 Å². The standard InChI is InChI=1S/C26H33FN6O3/c1-2-36-24(35)16-7-11-18(12-8-16)33-23-22(31-26(33)30-21-6-4-3-5-20(21)27)15-28-25(32-23)29-17-9-13-19(34)14-10-17/h3-6,15-19,34H,2,7-14H2,1H3,(H,30,31)(H,28,29,32). The summed E-state index contributed by atoms with van der Waals surface area (Å²) < 4.78 is 21.7. The number of esters is 1. The molecule has 0 unspecified atom stereocenters. The minimum Gasteiger partial charge on any atom is -0.466 e. The zero-order valence-corrected chi connectivity index (χ0v) is 20.5. The van der Waals surface area contributed by atoms with Crippen molar-refractivity contribution in [3.63, 3.8) is 0 Å². The number of benzene rings is 1. The largest absolute Gasteiger partial charge is 0.466 e. The predicted octanol–water partition coefficient (Wildman–Crippen LogP) is 4.72. The van der Waals surface area contributed by atoms with Crippen molar-refractivity contribution >= 4 is 34.7 Å². The molecule has 0 atom stereocenters. The third-order valence-electron chi connectivity index (χ3n) is 7.26. The van der Waals surface area contributed by atoms with E-state index < -0.39 is 0 Å². The van der Waals surface area contributed by atoms with E-state index in [0.29, 0.717) is 48.2 Å². The summed E-state index contributed by atoms with van der Waals surface area (Å²) in [6.07, 6.45) is 7.64. The average Bonchev–Trinajstić information content (AvgIpc) is 3.24. The molecule has 2 aliphatic rings. The van der Waals surface area contributed by atoms with Gasteiger partial charge >= 0.3 is 5.97 Å². The van der Waals surface area contributed by atoms with Crippen LogP contribution in [0.3, 0.4) is 0 Å². The number of nitrogens with one attached hydrogen (secondary N) is 2. The third kappa shape index (κ3) is 5.28.